The normalized spacial score (nSPS) is 12.9. The van der Waals surface area contributed by atoms with Crippen molar-refractivity contribution in [2.45, 2.75) is 65.0 Å². The largest absolute Gasteiger partial charge is 0.433 e. The highest BCUT2D eigenvalue weighted by Crippen LogP contribution is 2.19. The van der Waals surface area contributed by atoms with Crippen molar-refractivity contribution in [2.75, 3.05) is 0 Å². The summed E-state index contributed by atoms with van der Waals surface area (Å²) in [6.45, 7) is 16.3. The Morgan fingerprint density at radius 3 is 0.895 bits per heavy atom. The Labute approximate surface area is 145 Å². The summed E-state index contributed by atoms with van der Waals surface area (Å²) in [5.41, 5.74) is 1.58. The molecule has 0 atom stereocenters. The maximum atomic E-state index is 5.88. The molecule has 0 aliphatic rings. The van der Waals surface area contributed by atoms with E-state index < -0.39 is 15.3 Å². The topological polar surface area (TPSA) is 9.23 Å². The highest BCUT2D eigenvalue weighted by Gasteiger charge is 2.29. The third-order valence-electron chi connectivity index (χ3n) is 1.10. The molecule has 0 unspecified atom stereocenters. The molecule has 0 aliphatic carbocycles. The average molecular weight is 421 g/mol. The lowest BCUT2D eigenvalue weighted by Crippen LogP contribution is -2.36. The maximum Gasteiger partial charge on any atom is 0.274 e. The van der Waals surface area contributed by atoms with E-state index in [1.165, 1.54) is 0 Å². The van der Waals surface area contributed by atoms with Gasteiger partial charge in [-0.2, -0.15) is 22.2 Å². The van der Waals surface area contributed by atoms with E-state index in [4.69, 9.17) is 48.4 Å². The molecular weight excluding hydrogens is 390 g/mol. The Morgan fingerprint density at radius 2 is 0.895 bits per heavy atom. The molecule has 1 nitrogen and oxygen atoms in total. The third-order valence-corrected chi connectivity index (χ3v) is 11.3. The van der Waals surface area contributed by atoms with Gasteiger partial charge in [0.25, 0.3) is 15.3 Å². The molecule has 0 aromatic carbocycles. The molecule has 0 saturated carbocycles. The molecule has 0 heterocycles. The third kappa shape index (κ3) is 45.0. The van der Waals surface area contributed by atoms with Crippen molar-refractivity contribution in [3.05, 3.63) is 0 Å². The van der Waals surface area contributed by atoms with Gasteiger partial charge < -0.3 is 4.12 Å². The summed E-state index contributed by atoms with van der Waals surface area (Å²) in [6.07, 6.45) is 0. The van der Waals surface area contributed by atoms with Gasteiger partial charge in [0.15, 0.2) is 0 Å². The van der Waals surface area contributed by atoms with Crippen LogP contribution >= 0.6 is 44.3 Å². The zero-order valence-electron chi connectivity index (χ0n) is 13.5. The van der Waals surface area contributed by atoms with Gasteiger partial charge >= 0.3 is 0 Å². The second-order valence-corrected chi connectivity index (χ2v) is 23.4. The maximum absolute atomic E-state index is 5.88. The lowest BCUT2D eigenvalue weighted by Gasteiger charge is -2.23. The number of rotatable bonds is 4. The van der Waals surface area contributed by atoms with Crippen LogP contribution in [0.3, 0.4) is 0 Å². The Hall–Kier alpha value is 1.99. The van der Waals surface area contributed by atoms with E-state index in [-0.39, 0.29) is 17.7 Å². The Bertz CT molecular complexity index is 173. The van der Waals surface area contributed by atoms with E-state index in [1.54, 1.807) is 0 Å². The molecule has 0 radical (unpaired) electrons. The molecule has 0 N–H and O–H groups in total. The highest BCUT2D eigenvalue weighted by atomic mass is 35.6. The van der Waals surface area contributed by atoms with Crippen LogP contribution in [0.1, 0.15) is 27.7 Å². The smallest absolute Gasteiger partial charge is 0.274 e. The monoisotopic (exact) mass is 418 g/mol. The molecule has 0 amide bonds. The van der Waals surface area contributed by atoms with E-state index in [2.05, 4.69) is 27.7 Å². The molecule has 0 aliphatic heterocycles. The molecule has 0 bridgehead atoms. The second-order valence-electron chi connectivity index (χ2n) is 5.93. The first-order valence-electron chi connectivity index (χ1n) is 6.45. The summed E-state index contributed by atoms with van der Waals surface area (Å²) < 4.78 is 5.43. The van der Waals surface area contributed by atoms with E-state index in [0.29, 0.717) is 0 Å². The second kappa shape index (κ2) is 13.6. The van der Waals surface area contributed by atoms with Gasteiger partial charge in [-0.15, -0.1) is 22.2 Å². The minimum Gasteiger partial charge on any atom is -0.433 e. The molecule has 19 heavy (non-hydrogen) atoms. The lowest BCUT2D eigenvalue weighted by molar-refractivity contribution is 0.589. The van der Waals surface area contributed by atoms with Crippen LogP contribution in [0.15, 0.2) is 0 Å². The predicted octanol–water partition coefficient (Wildman–Crippen LogP) is 5.16. The van der Waals surface area contributed by atoms with Crippen LogP contribution < -0.4 is 0 Å². The van der Waals surface area contributed by atoms with Crippen molar-refractivity contribution in [3.63, 3.8) is 0 Å². The molecule has 0 fully saturated rings. The van der Waals surface area contributed by atoms with Crippen LogP contribution in [-0.4, -0.2) is 32.9 Å². The van der Waals surface area contributed by atoms with Crippen molar-refractivity contribution < 1.29 is 4.12 Å². The van der Waals surface area contributed by atoms with Crippen LogP contribution in [0, 0.1) is 0 Å². The minimum atomic E-state index is -1.89. The molecule has 0 spiro atoms. The van der Waals surface area contributed by atoms with Crippen molar-refractivity contribution >= 4 is 77.2 Å². The van der Waals surface area contributed by atoms with Crippen molar-refractivity contribution in [3.8, 4) is 0 Å². The van der Waals surface area contributed by atoms with Crippen molar-refractivity contribution in [2.24, 2.45) is 0 Å². The number of halogens is 4. The van der Waals surface area contributed by atoms with Crippen LogP contribution in [-0.2, 0) is 4.12 Å². The van der Waals surface area contributed by atoms with Crippen LogP contribution in [0.2, 0.25) is 37.3 Å². The van der Waals surface area contributed by atoms with Gasteiger partial charge in [0.2, 0.25) is 0 Å². The SMILES string of the molecule is CC(C)[SiH2]Cl.CC(C)[SiH2]Cl.C[Si](C)(Cl)O[Si](C)(C)Cl. The van der Waals surface area contributed by atoms with Crippen LogP contribution in [0.4, 0.5) is 0 Å². The van der Waals surface area contributed by atoms with Gasteiger partial charge in [0.1, 0.15) is 17.7 Å². The first-order valence-corrected chi connectivity index (χ1v) is 20.2. The van der Waals surface area contributed by atoms with Gasteiger partial charge in [-0.1, -0.05) is 27.7 Å². The number of hydrogen-bond donors (Lipinski definition) is 0. The summed E-state index contributed by atoms with van der Waals surface area (Å²) in [5.74, 6) is 0. The Morgan fingerprint density at radius 1 is 0.737 bits per heavy atom. The summed E-state index contributed by atoms with van der Waals surface area (Å²) >= 11 is 22.7. The fourth-order valence-electron chi connectivity index (χ4n) is 0.577. The van der Waals surface area contributed by atoms with Gasteiger partial charge in [0, 0.05) is 0 Å². The van der Waals surface area contributed by atoms with Gasteiger partial charge in [-0.3, -0.25) is 0 Å². The number of hydrogen-bond acceptors (Lipinski definition) is 1. The van der Waals surface area contributed by atoms with E-state index >= 15 is 0 Å². The van der Waals surface area contributed by atoms with E-state index in [9.17, 15) is 0 Å². The fraction of sp³-hybridized carbons (Fsp3) is 1.00. The molecule has 0 aromatic rings. The summed E-state index contributed by atoms with van der Waals surface area (Å²) in [6, 6.07) is 0. The summed E-state index contributed by atoms with van der Waals surface area (Å²) in [4.78, 5) is 0. The molecule has 0 saturated heterocycles. The zero-order chi connectivity index (χ0) is 16.3. The molecule has 9 heteroatoms. The minimum absolute atomic E-state index is 0.179. The molecule has 120 valence electrons. The Balaban J connectivity index is -0.000000219. The lowest BCUT2D eigenvalue weighted by atomic mass is 10.6. The summed E-state index contributed by atoms with van der Waals surface area (Å²) in [7, 11) is -4.14. The van der Waals surface area contributed by atoms with Crippen LogP contribution in [0.5, 0.6) is 0 Å². The van der Waals surface area contributed by atoms with Gasteiger partial charge in [-0.25, -0.2) is 0 Å². The molecule has 0 rings (SSSR count). The first kappa shape index (κ1) is 25.9. The zero-order valence-corrected chi connectivity index (χ0v) is 21.3. The summed E-state index contributed by atoms with van der Waals surface area (Å²) in [5, 5.41) is 0. The highest BCUT2D eigenvalue weighted by molar-refractivity contribution is 7.24. The molecule has 0 aromatic heterocycles. The van der Waals surface area contributed by atoms with Crippen molar-refractivity contribution in [1.29, 1.82) is 0 Å². The van der Waals surface area contributed by atoms with Gasteiger partial charge in [-0.05, 0) is 37.3 Å². The average Bonchev–Trinajstić information content (AvgIpc) is 2.13. The van der Waals surface area contributed by atoms with E-state index in [0.717, 1.165) is 11.1 Å². The quantitative estimate of drug-likeness (QED) is 0.451. The molecular formula is C10H30Cl4OSi4. The van der Waals surface area contributed by atoms with Gasteiger partial charge in [0.05, 0.1) is 0 Å². The Kier molecular flexibility index (Phi) is 18.6. The van der Waals surface area contributed by atoms with Crippen molar-refractivity contribution in [1.82, 2.24) is 0 Å². The fourth-order valence-corrected chi connectivity index (χ4v) is 9.02. The van der Waals surface area contributed by atoms with Crippen LogP contribution in [0.25, 0.3) is 0 Å². The van der Waals surface area contributed by atoms with E-state index in [1.807, 2.05) is 26.2 Å². The standard InChI is InChI=1S/C4H12Cl2OSi2.2C3H9ClSi/c1-8(2,5)7-9(3,4)6;2*1-3(2)5-4/h1-4H3;2*3H,5H2,1-2H3. The predicted molar refractivity (Wildman–Crippen MR) is 107 cm³/mol. The first-order chi connectivity index (χ1) is 8.25.